The van der Waals surface area contributed by atoms with E-state index in [1.807, 2.05) is 38.1 Å². The molecule has 0 radical (unpaired) electrons. The number of halogens is 1. The van der Waals surface area contributed by atoms with Gasteiger partial charge in [0.15, 0.2) is 23.1 Å². The number of nitrogens with one attached hydrogen (secondary N) is 2. The molecule has 19 heteroatoms. The van der Waals surface area contributed by atoms with Crippen LogP contribution < -0.4 is 20.3 Å². The summed E-state index contributed by atoms with van der Waals surface area (Å²) in [5.41, 5.74) is 3.24. The van der Waals surface area contributed by atoms with Crippen molar-refractivity contribution in [1.29, 1.82) is 0 Å². The van der Waals surface area contributed by atoms with Gasteiger partial charge in [-0.1, -0.05) is 42.5 Å². The molecule has 3 saturated heterocycles. The highest BCUT2D eigenvalue weighted by Gasteiger charge is 2.43. The van der Waals surface area contributed by atoms with Crippen molar-refractivity contribution in [2.45, 2.75) is 81.7 Å². The number of carboxylic acid groups (broad SMARTS) is 2. The monoisotopic (exact) mass is 965 g/mol. The molecule has 5 heterocycles. The Morgan fingerprint density at radius 1 is 0.926 bits per heavy atom. The van der Waals surface area contributed by atoms with E-state index in [4.69, 9.17) is 9.84 Å². The fourth-order valence-electron chi connectivity index (χ4n) is 10.3. The predicted octanol–water partition coefficient (Wildman–Crippen LogP) is 6.84. The summed E-state index contributed by atoms with van der Waals surface area (Å²) in [6.45, 7) is 3.95. The minimum Gasteiger partial charge on any atom is -0.479 e. The molecule has 2 atom stereocenters. The van der Waals surface area contributed by atoms with Gasteiger partial charge in [-0.05, 0) is 110 Å². The number of aliphatic carboxylic acids is 1. The first-order valence-electron chi connectivity index (χ1n) is 22.3. The quantitative estimate of drug-likeness (QED) is 0.0892. The SMILES string of the molecule is CC1(C)CC(Nc2cccc(-c3sc(C(=O)O)c(OCC(=O)O)c3F)c2)CCN1S(=O)(=O)Cc1cccc(C(=O)N2CCC(c3ccc4c5c(cccc35)C(=O)N4C3CCC(=O)NC3=O)CC2)c1. The highest BCUT2D eigenvalue weighted by Crippen LogP contribution is 2.45. The Hall–Kier alpha value is -6.70. The van der Waals surface area contributed by atoms with Crippen LogP contribution in [-0.4, -0.2) is 107 Å². The van der Waals surface area contributed by atoms with Crippen molar-refractivity contribution in [3.8, 4) is 16.2 Å². The summed E-state index contributed by atoms with van der Waals surface area (Å²) < 4.78 is 50.1. The number of rotatable bonds is 13. The first-order valence-corrected chi connectivity index (χ1v) is 24.7. The second kappa shape index (κ2) is 18.1. The molecule has 1 aromatic heterocycles. The number of carbonyl (C=O) groups excluding carboxylic acids is 4. The van der Waals surface area contributed by atoms with Crippen LogP contribution in [0.25, 0.3) is 21.2 Å². The minimum atomic E-state index is -3.86. The molecule has 0 aliphatic carbocycles. The smallest absolute Gasteiger partial charge is 0.349 e. The van der Waals surface area contributed by atoms with E-state index in [9.17, 15) is 42.3 Å². The van der Waals surface area contributed by atoms with Gasteiger partial charge in [0.1, 0.15) is 6.04 Å². The van der Waals surface area contributed by atoms with Gasteiger partial charge in [-0.2, -0.15) is 4.31 Å². The number of carbonyl (C=O) groups is 6. The van der Waals surface area contributed by atoms with Gasteiger partial charge in [0.25, 0.3) is 11.8 Å². The Labute approximate surface area is 394 Å². The lowest BCUT2D eigenvalue weighted by Gasteiger charge is -2.45. The van der Waals surface area contributed by atoms with Gasteiger partial charge in [-0.25, -0.2) is 22.4 Å². The maximum Gasteiger partial charge on any atom is 0.349 e. The number of piperidine rings is 3. The number of imide groups is 1. The van der Waals surface area contributed by atoms with Gasteiger partial charge in [-0.3, -0.25) is 29.4 Å². The molecule has 68 heavy (non-hydrogen) atoms. The lowest BCUT2D eigenvalue weighted by atomic mass is 9.85. The van der Waals surface area contributed by atoms with Crippen LogP contribution >= 0.6 is 11.3 Å². The van der Waals surface area contributed by atoms with Crippen LogP contribution in [0, 0.1) is 5.82 Å². The molecule has 2 unspecified atom stereocenters. The largest absolute Gasteiger partial charge is 0.479 e. The fraction of sp³-hybridized carbons (Fsp3) is 0.347. The number of benzene rings is 4. The predicted molar refractivity (Wildman–Crippen MR) is 251 cm³/mol. The van der Waals surface area contributed by atoms with Crippen molar-refractivity contribution in [2.24, 2.45) is 0 Å². The van der Waals surface area contributed by atoms with E-state index in [1.54, 1.807) is 59.5 Å². The second-order valence-electron chi connectivity index (χ2n) is 18.3. The van der Waals surface area contributed by atoms with Gasteiger partial charge in [0.2, 0.25) is 21.8 Å². The number of hydrogen-bond donors (Lipinski definition) is 4. The van der Waals surface area contributed by atoms with Crippen molar-refractivity contribution < 1.29 is 56.5 Å². The maximum atomic E-state index is 15.4. The second-order valence-corrected chi connectivity index (χ2v) is 21.2. The zero-order valence-corrected chi connectivity index (χ0v) is 38.8. The first-order chi connectivity index (χ1) is 32.4. The van der Waals surface area contributed by atoms with Crippen LogP contribution in [0.1, 0.15) is 99.8 Å². The molecule has 5 aromatic rings. The van der Waals surface area contributed by atoms with Crippen LogP contribution in [0.5, 0.6) is 5.75 Å². The molecule has 4 amide bonds. The van der Waals surface area contributed by atoms with Crippen LogP contribution in [0.15, 0.2) is 78.9 Å². The normalized spacial score (nSPS) is 19.8. The third kappa shape index (κ3) is 8.80. The summed E-state index contributed by atoms with van der Waals surface area (Å²) >= 11 is 0.634. The molecule has 0 spiro atoms. The number of ether oxygens (including phenoxy) is 1. The topological polar surface area (TPSA) is 220 Å². The van der Waals surface area contributed by atoms with Crippen LogP contribution in [0.4, 0.5) is 15.8 Å². The molecule has 0 bridgehead atoms. The lowest BCUT2D eigenvalue weighted by Crippen LogP contribution is -2.55. The minimum absolute atomic E-state index is 0.0310. The van der Waals surface area contributed by atoms with E-state index in [0.717, 1.165) is 16.3 Å². The number of carboxylic acids is 2. The van der Waals surface area contributed by atoms with Crippen molar-refractivity contribution in [3.05, 3.63) is 112 Å². The van der Waals surface area contributed by atoms with Gasteiger partial charge in [0, 0.05) is 59.8 Å². The average molecular weight is 966 g/mol. The number of amides is 4. The molecular formula is C49H48FN5O11S2. The highest BCUT2D eigenvalue weighted by atomic mass is 32.2. The van der Waals surface area contributed by atoms with Gasteiger partial charge >= 0.3 is 11.9 Å². The average Bonchev–Trinajstić information content (AvgIpc) is 3.78. The van der Waals surface area contributed by atoms with E-state index in [-0.39, 0.29) is 59.7 Å². The maximum absolute atomic E-state index is 15.4. The van der Waals surface area contributed by atoms with E-state index in [1.165, 1.54) is 9.21 Å². The Morgan fingerprint density at radius 2 is 1.68 bits per heavy atom. The number of anilines is 2. The molecule has 4 aliphatic heterocycles. The van der Waals surface area contributed by atoms with Crippen molar-refractivity contribution in [3.63, 3.8) is 0 Å². The van der Waals surface area contributed by atoms with Gasteiger partial charge < -0.3 is 25.2 Å². The summed E-state index contributed by atoms with van der Waals surface area (Å²) in [7, 11) is -3.86. The molecule has 3 fully saturated rings. The Kier molecular flexibility index (Phi) is 12.3. The fourth-order valence-corrected chi connectivity index (χ4v) is 13.2. The van der Waals surface area contributed by atoms with Gasteiger partial charge in [0.05, 0.1) is 16.3 Å². The van der Waals surface area contributed by atoms with Gasteiger partial charge in [-0.15, -0.1) is 11.3 Å². The van der Waals surface area contributed by atoms with Crippen molar-refractivity contribution >= 4 is 79.1 Å². The zero-order chi connectivity index (χ0) is 48.2. The molecule has 4 aromatic carbocycles. The zero-order valence-electron chi connectivity index (χ0n) is 37.1. The number of thiophene rings is 1. The van der Waals surface area contributed by atoms with Crippen molar-refractivity contribution in [2.75, 3.05) is 36.5 Å². The number of likely N-dealkylation sites (tertiary alicyclic amines) is 1. The molecule has 9 rings (SSSR count). The molecule has 354 valence electrons. The van der Waals surface area contributed by atoms with E-state index in [0.29, 0.717) is 83.7 Å². The molecular weight excluding hydrogens is 918 g/mol. The Morgan fingerprint density at radius 3 is 2.40 bits per heavy atom. The molecule has 4 aliphatic rings. The Balaban J connectivity index is 0.826. The molecule has 16 nitrogen and oxygen atoms in total. The molecule has 4 N–H and O–H groups in total. The molecule has 0 saturated carbocycles. The summed E-state index contributed by atoms with van der Waals surface area (Å²) in [6, 6.07) is 21.9. The Bertz CT molecular complexity index is 3040. The summed E-state index contributed by atoms with van der Waals surface area (Å²) in [5, 5.41) is 26.1. The third-order valence-corrected chi connectivity index (χ3v) is 16.5. The number of nitrogens with zero attached hydrogens (tertiary/aromatic N) is 3. The summed E-state index contributed by atoms with van der Waals surface area (Å²) in [6.07, 6.45) is 2.61. The van der Waals surface area contributed by atoms with E-state index >= 15 is 4.39 Å². The highest BCUT2D eigenvalue weighted by molar-refractivity contribution is 7.88. The van der Waals surface area contributed by atoms with Crippen LogP contribution in [-0.2, 0) is 30.2 Å². The first kappa shape index (κ1) is 46.4. The number of sulfonamides is 1. The van der Waals surface area contributed by atoms with E-state index < -0.39 is 62.5 Å². The number of hydrogen-bond acceptors (Lipinski definition) is 11. The van der Waals surface area contributed by atoms with Crippen LogP contribution in [0.2, 0.25) is 0 Å². The summed E-state index contributed by atoms with van der Waals surface area (Å²) in [4.78, 5) is 77.9. The number of aromatic carboxylic acids is 1. The van der Waals surface area contributed by atoms with E-state index in [2.05, 4.69) is 10.6 Å². The third-order valence-electron chi connectivity index (χ3n) is 13.3. The van der Waals surface area contributed by atoms with Crippen molar-refractivity contribution in [1.82, 2.24) is 14.5 Å². The van der Waals surface area contributed by atoms with Crippen LogP contribution in [0.3, 0.4) is 0 Å². The standard InChI is InChI=1S/C49H48FN5O11S2/c1-49(2)24-32(51-31-9-4-7-29(23-31)43-41(50)42(66-25-39(57)58)44(67-43)48(62)63)18-21-54(49)68(64,65)26-27-6-3-8-30(22-27)46(60)53-19-16-28(17-20-53)33-12-13-36-40-34(33)10-5-11-35(40)47(61)55(36)37-14-15-38(56)52-45(37)59/h3-13,22-23,28,32,37,51H,14-21,24-26H2,1-2H3,(H,57,58)(H,62,63)(H,52,56,59). The summed E-state index contributed by atoms with van der Waals surface area (Å²) in [5.74, 6) is -5.96. The lowest BCUT2D eigenvalue weighted by molar-refractivity contribution is -0.139.